The van der Waals surface area contributed by atoms with Crippen LogP contribution in [0.4, 0.5) is 5.82 Å². The maximum Gasteiger partial charge on any atom is 0.314 e. The van der Waals surface area contributed by atoms with Gasteiger partial charge in [0.25, 0.3) is 10.1 Å². The molecular formula is C17H26ClN5O6S. The van der Waals surface area contributed by atoms with E-state index in [4.69, 9.17) is 21.9 Å². The Hall–Kier alpha value is -2.28. The number of hydrogen-bond acceptors (Lipinski definition) is 7. The maximum absolute atomic E-state index is 12.0. The maximum atomic E-state index is 12.0. The molecule has 0 unspecified atom stereocenters. The minimum absolute atomic E-state index is 0.0341. The lowest BCUT2D eigenvalue weighted by molar-refractivity contribution is -0.137. The van der Waals surface area contributed by atoms with Gasteiger partial charge in [0, 0.05) is 38.3 Å². The zero-order valence-corrected chi connectivity index (χ0v) is 18.4. The summed E-state index contributed by atoms with van der Waals surface area (Å²) in [6.45, 7) is 0. The molecule has 168 valence electrons. The number of carbonyl (C=O) groups excluding carboxylic acids is 3. The third kappa shape index (κ3) is 9.48. The van der Waals surface area contributed by atoms with E-state index in [2.05, 4.69) is 15.6 Å². The predicted molar refractivity (Wildman–Crippen MR) is 111 cm³/mol. The predicted octanol–water partition coefficient (Wildman–Crippen LogP) is -0.122. The fourth-order valence-electron chi connectivity index (χ4n) is 2.83. The van der Waals surface area contributed by atoms with Gasteiger partial charge in [-0.2, -0.15) is 8.42 Å². The van der Waals surface area contributed by atoms with Crippen LogP contribution in [-0.4, -0.2) is 73.0 Å². The lowest BCUT2D eigenvalue weighted by Gasteiger charge is -2.34. The van der Waals surface area contributed by atoms with E-state index in [1.165, 1.54) is 12.3 Å². The minimum atomic E-state index is -3.67. The Labute approximate surface area is 180 Å². The van der Waals surface area contributed by atoms with E-state index in [1.807, 2.05) is 0 Å². The van der Waals surface area contributed by atoms with Crippen molar-refractivity contribution >= 4 is 45.3 Å². The van der Waals surface area contributed by atoms with Gasteiger partial charge in [0.15, 0.2) is 0 Å². The van der Waals surface area contributed by atoms with Gasteiger partial charge in [0.2, 0.25) is 5.91 Å². The number of nitrogens with two attached hydrogens (primary N) is 1. The van der Waals surface area contributed by atoms with Gasteiger partial charge in [-0.3, -0.25) is 18.9 Å². The van der Waals surface area contributed by atoms with Crippen LogP contribution < -0.4 is 16.4 Å². The first-order valence-electron chi connectivity index (χ1n) is 8.90. The molecular weight excluding hydrogens is 438 g/mol. The summed E-state index contributed by atoms with van der Waals surface area (Å²) in [4.78, 5) is 41.4. The Morgan fingerprint density at radius 1 is 1.23 bits per heavy atom. The molecule has 1 fully saturated rings. The van der Waals surface area contributed by atoms with Gasteiger partial charge >= 0.3 is 11.8 Å². The van der Waals surface area contributed by atoms with Crippen molar-refractivity contribution in [3.8, 4) is 0 Å². The molecule has 3 amide bonds. The van der Waals surface area contributed by atoms with E-state index in [9.17, 15) is 22.8 Å². The summed E-state index contributed by atoms with van der Waals surface area (Å²) in [7, 11) is -0.256. The van der Waals surface area contributed by atoms with Crippen molar-refractivity contribution in [1.82, 2.24) is 15.2 Å². The van der Waals surface area contributed by atoms with Gasteiger partial charge < -0.3 is 21.3 Å². The summed E-state index contributed by atoms with van der Waals surface area (Å²) in [6.07, 6.45) is 3.73. The van der Waals surface area contributed by atoms with E-state index in [-0.39, 0.29) is 29.7 Å². The van der Waals surface area contributed by atoms with Crippen LogP contribution in [0.5, 0.6) is 0 Å². The van der Waals surface area contributed by atoms with Crippen molar-refractivity contribution < 1.29 is 27.4 Å². The number of pyridine rings is 1. The largest absolute Gasteiger partial charge is 0.349 e. The zero-order chi connectivity index (χ0) is 23.1. The third-order valence-corrected chi connectivity index (χ3v) is 4.40. The number of rotatable bonds is 3. The normalized spacial score (nSPS) is 20.9. The number of anilines is 1. The van der Waals surface area contributed by atoms with Crippen LogP contribution in [-0.2, 0) is 24.5 Å². The molecule has 11 nitrogen and oxygen atoms in total. The van der Waals surface area contributed by atoms with Crippen LogP contribution in [0.1, 0.15) is 19.3 Å². The lowest BCUT2D eigenvalue weighted by Crippen LogP contribution is -2.54. The van der Waals surface area contributed by atoms with Crippen molar-refractivity contribution in [1.29, 1.82) is 0 Å². The first-order chi connectivity index (χ1) is 13.8. The molecule has 1 saturated carbocycles. The number of nitrogens with one attached hydrogen (secondary N) is 2. The van der Waals surface area contributed by atoms with Crippen LogP contribution in [0.2, 0.25) is 5.02 Å². The first-order valence-corrected chi connectivity index (χ1v) is 11.1. The van der Waals surface area contributed by atoms with Crippen molar-refractivity contribution in [2.24, 2.45) is 11.7 Å². The van der Waals surface area contributed by atoms with Gasteiger partial charge in [-0.15, -0.1) is 0 Å². The van der Waals surface area contributed by atoms with Gasteiger partial charge in [0.05, 0.1) is 11.3 Å². The summed E-state index contributed by atoms with van der Waals surface area (Å²) in [5.41, 5.74) is 6.08. The molecule has 0 aliphatic heterocycles. The minimum Gasteiger partial charge on any atom is -0.349 e. The lowest BCUT2D eigenvalue weighted by atomic mass is 9.82. The molecule has 3 atom stereocenters. The van der Waals surface area contributed by atoms with Gasteiger partial charge in [-0.1, -0.05) is 11.6 Å². The Balaban J connectivity index is 0.000000804. The highest BCUT2D eigenvalue weighted by Gasteiger charge is 2.34. The molecule has 0 aromatic carbocycles. The molecule has 13 heteroatoms. The number of carbonyl (C=O) groups is 3. The summed E-state index contributed by atoms with van der Waals surface area (Å²) in [5, 5.41) is 5.46. The van der Waals surface area contributed by atoms with E-state index in [0.717, 1.165) is 0 Å². The average molecular weight is 464 g/mol. The molecule has 1 aliphatic rings. The molecule has 1 aromatic heterocycles. The van der Waals surface area contributed by atoms with Gasteiger partial charge in [0.1, 0.15) is 5.82 Å². The molecule has 1 aliphatic carbocycles. The fraction of sp³-hybridized carbons (Fsp3) is 0.529. The molecule has 30 heavy (non-hydrogen) atoms. The Kier molecular flexibility index (Phi) is 9.62. The highest BCUT2D eigenvalue weighted by molar-refractivity contribution is 7.85. The SMILES string of the molecule is CN(C)C(=O)[C@H]1CC[C@H](NC(=O)C(=O)Nc2ccc(Cl)cn2)[C@H](N)C1.CS(=O)(=O)O. The number of hydrogen-bond donors (Lipinski definition) is 4. The van der Waals surface area contributed by atoms with E-state index in [0.29, 0.717) is 30.5 Å². The highest BCUT2D eigenvalue weighted by atomic mass is 35.5. The molecule has 5 N–H and O–H groups in total. The van der Waals surface area contributed by atoms with Crippen LogP contribution >= 0.6 is 11.6 Å². The monoisotopic (exact) mass is 463 g/mol. The summed E-state index contributed by atoms with van der Waals surface area (Å²) < 4.78 is 25.9. The van der Waals surface area contributed by atoms with Crippen molar-refractivity contribution in [2.45, 2.75) is 31.3 Å². The zero-order valence-electron chi connectivity index (χ0n) is 16.8. The number of aromatic nitrogens is 1. The fourth-order valence-corrected chi connectivity index (χ4v) is 2.94. The quantitative estimate of drug-likeness (QED) is 0.354. The number of amides is 3. The van der Waals surface area contributed by atoms with E-state index in [1.54, 1.807) is 25.1 Å². The molecule has 2 rings (SSSR count). The molecule has 0 radical (unpaired) electrons. The van der Waals surface area contributed by atoms with Gasteiger partial charge in [-0.05, 0) is 31.4 Å². The Morgan fingerprint density at radius 2 is 1.83 bits per heavy atom. The topological polar surface area (TPSA) is 172 Å². The van der Waals surface area contributed by atoms with Crippen LogP contribution in [0, 0.1) is 5.92 Å². The number of halogens is 1. The van der Waals surface area contributed by atoms with Crippen LogP contribution in [0.25, 0.3) is 0 Å². The highest BCUT2D eigenvalue weighted by Crippen LogP contribution is 2.25. The first kappa shape index (κ1) is 25.8. The molecule has 0 spiro atoms. The third-order valence-electron chi connectivity index (χ3n) is 4.18. The standard InChI is InChI=1S/C16H22ClN5O3.CH4O3S/c1-22(2)16(25)9-3-5-12(11(18)7-9)20-14(23)15(24)21-13-6-4-10(17)8-19-13;1-5(2,3)4/h4,6,8-9,11-12H,3,5,7,18H2,1-2H3,(H,20,23)(H,19,21,24);1H3,(H,2,3,4)/t9-,11+,12-;/m0./s1. The number of nitrogens with zero attached hydrogens (tertiary/aromatic N) is 2. The van der Waals surface area contributed by atoms with Crippen LogP contribution in [0.15, 0.2) is 18.3 Å². The second-order valence-corrected chi connectivity index (χ2v) is 8.94. The van der Waals surface area contributed by atoms with Crippen molar-refractivity contribution in [3.05, 3.63) is 23.4 Å². The Morgan fingerprint density at radius 3 is 2.30 bits per heavy atom. The molecule has 1 aromatic rings. The second-order valence-electron chi connectivity index (χ2n) is 7.04. The summed E-state index contributed by atoms with van der Waals surface area (Å²) in [5.74, 6) is -1.49. The average Bonchev–Trinajstić information content (AvgIpc) is 2.63. The van der Waals surface area contributed by atoms with E-state index < -0.39 is 21.9 Å². The van der Waals surface area contributed by atoms with Crippen molar-refractivity contribution in [3.63, 3.8) is 0 Å². The van der Waals surface area contributed by atoms with Gasteiger partial charge in [-0.25, -0.2) is 4.98 Å². The summed E-state index contributed by atoms with van der Waals surface area (Å²) >= 11 is 5.71. The smallest absolute Gasteiger partial charge is 0.314 e. The second kappa shape index (κ2) is 11.2. The van der Waals surface area contributed by atoms with Crippen LogP contribution in [0.3, 0.4) is 0 Å². The molecule has 0 bridgehead atoms. The Bertz CT molecular complexity index is 854. The van der Waals surface area contributed by atoms with E-state index >= 15 is 0 Å². The summed E-state index contributed by atoms with van der Waals surface area (Å²) in [6, 6.07) is 2.33. The van der Waals surface area contributed by atoms with Crippen molar-refractivity contribution in [2.75, 3.05) is 25.7 Å². The molecule has 0 saturated heterocycles. The molecule has 1 heterocycles.